The Balaban J connectivity index is 1.73. The molecule has 1 heterocycles. The fourth-order valence-corrected chi connectivity index (χ4v) is 4.80. The van der Waals surface area contributed by atoms with Crippen LogP contribution in [-0.2, 0) is 30.3 Å². The first-order chi connectivity index (χ1) is 16.1. The predicted octanol–water partition coefficient (Wildman–Crippen LogP) is 3.42. The Morgan fingerprint density at radius 1 is 1.18 bits per heavy atom. The third-order valence-corrected chi connectivity index (χ3v) is 6.33. The lowest BCUT2D eigenvalue weighted by Crippen LogP contribution is -2.55. The molecule has 0 unspecified atom stereocenters. The maximum absolute atomic E-state index is 13.6. The normalized spacial score (nSPS) is 23.3. The molecule has 1 fully saturated rings. The van der Waals surface area contributed by atoms with Crippen molar-refractivity contribution < 1.29 is 23.9 Å². The van der Waals surface area contributed by atoms with Gasteiger partial charge in [0.1, 0.15) is 17.7 Å². The molecule has 1 N–H and O–H groups in total. The first-order valence-electron chi connectivity index (χ1n) is 12.3. The van der Waals surface area contributed by atoms with Crippen LogP contribution in [0.25, 0.3) is 0 Å². The molecule has 0 bridgehead atoms. The molecule has 3 rings (SSSR count). The number of fused-ring (bicyclic) bond motifs is 1. The number of hydrogen-bond acceptors (Lipinski definition) is 6. The zero-order valence-electron chi connectivity index (χ0n) is 21.0. The number of esters is 2. The zero-order chi connectivity index (χ0) is 24.9. The van der Waals surface area contributed by atoms with Crippen molar-refractivity contribution in [3.63, 3.8) is 0 Å². The van der Waals surface area contributed by atoms with E-state index in [0.717, 1.165) is 12.0 Å². The lowest BCUT2D eigenvalue weighted by atomic mass is 10.0. The Kier molecular flexibility index (Phi) is 8.52. The van der Waals surface area contributed by atoms with Gasteiger partial charge >= 0.3 is 11.9 Å². The fourth-order valence-electron chi connectivity index (χ4n) is 4.80. The average Bonchev–Trinajstić information content (AvgIpc) is 3.37. The molecular formula is C27H38N2O5. The molecular weight excluding hydrogens is 432 g/mol. The predicted molar refractivity (Wildman–Crippen MR) is 130 cm³/mol. The van der Waals surface area contributed by atoms with Crippen LogP contribution in [0.4, 0.5) is 0 Å². The van der Waals surface area contributed by atoms with Crippen LogP contribution in [0, 0.1) is 5.92 Å². The van der Waals surface area contributed by atoms with Crippen LogP contribution in [0.3, 0.4) is 0 Å². The highest BCUT2D eigenvalue weighted by Gasteiger charge is 2.49. The van der Waals surface area contributed by atoms with Gasteiger partial charge in [-0.15, -0.1) is 0 Å². The summed E-state index contributed by atoms with van der Waals surface area (Å²) in [6, 6.07) is 7.86. The number of likely N-dealkylation sites (tertiary alicyclic amines) is 1. The summed E-state index contributed by atoms with van der Waals surface area (Å²) in [6.45, 7) is 9.26. The monoisotopic (exact) mass is 470 g/mol. The second-order valence-corrected chi connectivity index (χ2v) is 10.2. The van der Waals surface area contributed by atoms with Crippen LogP contribution in [0.1, 0.15) is 59.4 Å². The topological polar surface area (TPSA) is 84.9 Å². The van der Waals surface area contributed by atoms with E-state index in [1.807, 2.05) is 57.2 Å². The fraction of sp³-hybridized carbons (Fsp3) is 0.593. The van der Waals surface area contributed by atoms with Crippen LogP contribution in [0.2, 0.25) is 0 Å². The molecule has 7 heteroatoms. The maximum atomic E-state index is 13.6. The van der Waals surface area contributed by atoms with Crippen LogP contribution in [-0.4, -0.2) is 59.1 Å². The summed E-state index contributed by atoms with van der Waals surface area (Å²) in [5.74, 6) is -0.736. The summed E-state index contributed by atoms with van der Waals surface area (Å²) in [6.07, 6.45) is 6.69. The Bertz CT molecular complexity index is 892. The van der Waals surface area contributed by atoms with E-state index in [1.165, 1.54) is 0 Å². The molecule has 1 aliphatic carbocycles. The van der Waals surface area contributed by atoms with Gasteiger partial charge in [-0.2, -0.15) is 0 Å². The zero-order valence-corrected chi connectivity index (χ0v) is 21.0. The quantitative estimate of drug-likeness (QED) is 0.440. The van der Waals surface area contributed by atoms with Crippen molar-refractivity contribution in [2.75, 3.05) is 6.61 Å². The lowest BCUT2D eigenvalue weighted by Gasteiger charge is -2.33. The minimum absolute atomic E-state index is 0.125. The minimum atomic E-state index is -0.664. The van der Waals surface area contributed by atoms with E-state index >= 15 is 0 Å². The number of aryl methyl sites for hydroxylation is 1. The number of amides is 1. The lowest BCUT2D eigenvalue weighted by molar-refractivity contribution is -0.164. The smallest absolute Gasteiger partial charge is 0.329 e. The molecule has 34 heavy (non-hydrogen) atoms. The first kappa shape index (κ1) is 25.9. The van der Waals surface area contributed by atoms with E-state index in [2.05, 4.69) is 11.4 Å². The van der Waals surface area contributed by atoms with Gasteiger partial charge in [-0.3, -0.25) is 14.9 Å². The first-order valence-corrected chi connectivity index (χ1v) is 12.3. The number of carbonyl (C=O) groups excluding carboxylic acids is 3. The average molecular weight is 471 g/mol. The number of rotatable bonds is 9. The molecule has 1 aromatic rings. The molecule has 1 aliphatic heterocycles. The number of nitrogens with zero attached hydrogens (tertiary/aromatic N) is 1. The molecule has 1 amide bonds. The van der Waals surface area contributed by atoms with Gasteiger partial charge in [0.2, 0.25) is 5.91 Å². The van der Waals surface area contributed by atoms with Crippen LogP contribution < -0.4 is 5.32 Å². The molecule has 0 radical (unpaired) electrons. The molecule has 0 spiro atoms. The summed E-state index contributed by atoms with van der Waals surface area (Å²) in [7, 11) is 0. The van der Waals surface area contributed by atoms with Gasteiger partial charge in [-0.1, -0.05) is 42.5 Å². The summed E-state index contributed by atoms with van der Waals surface area (Å²) < 4.78 is 10.9. The molecule has 0 aromatic heterocycles. The van der Waals surface area contributed by atoms with Gasteiger partial charge in [0, 0.05) is 0 Å². The second kappa shape index (κ2) is 11.2. The van der Waals surface area contributed by atoms with E-state index in [0.29, 0.717) is 19.3 Å². The Hall–Kier alpha value is -2.67. The summed E-state index contributed by atoms with van der Waals surface area (Å²) in [4.78, 5) is 40.9. The van der Waals surface area contributed by atoms with Gasteiger partial charge in [-0.05, 0) is 71.8 Å². The van der Waals surface area contributed by atoms with Gasteiger partial charge in [0.05, 0.1) is 18.7 Å². The standard InChI is InChI=1S/C27H38N2O5/c1-6-33-25(31)21(16-15-19-11-8-7-9-12-19)28-18(2)24(30)29-22-14-10-13-20(22)17-23(29)26(32)34-27(3,4)5/h7-12,14,18,20-23,28H,6,13,15-17H2,1-5H3/t18-,20+,21-,22-,23-/m0/s1. The largest absolute Gasteiger partial charge is 0.465 e. The number of ether oxygens (including phenoxy) is 2. The van der Waals surface area contributed by atoms with Crippen molar-refractivity contribution >= 4 is 17.8 Å². The number of benzene rings is 1. The van der Waals surface area contributed by atoms with E-state index in [4.69, 9.17) is 9.47 Å². The number of allylic oxidation sites excluding steroid dienone is 1. The minimum Gasteiger partial charge on any atom is -0.465 e. The van der Waals surface area contributed by atoms with E-state index in [-0.39, 0.29) is 36.4 Å². The molecule has 186 valence electrons. The van der Waals surface area contributed by atoms with E-state index in [9.17, 15) is 14.4 Å². The van der Waals surface area contributed by atoms with Crippen LogP contribution in [0.5, 0.6) is 0 Å². The summed E-state index contributed by atoms with van der Waals surface area (Å²) in [5, 5.41) is 3.19. The highest BCUT2D eigenvalue weighted by molar-refractivity contribution is 5.89. The van der Waals surface area contributed by atoms with Crippen LogP contribution >= 0.6 is 0 Å². The van der Waals surface area contributed by atoms with Crippen LogP contribution in [0.15, 0.2) is 42.5 Å². The van der Waals surface area contributed by atoms with Gasteiger partial charge < -0.3 is 14.4 Å². The molecule has 2 aliphatic rings. The third kappa shape index (κ3) is 6.47. The summed E-state index contributed by atoms with van der Waals surface area (Å²) in [5.41, 5.74) is 0.483. The van der Waals surface area contributed by atoms with Crippen molar-refractivity contribution in [3.8, 4) is 0 Å². The third-order valence-electron chi connectivity index (χ3n) is 6.33. The molecule has 1 saturated heterocycles. The van der Waals surface area contributed by atoms with Crippen molar-refractivity contribution in [2.45, 2.75) is 90.1 Å². The molecule has 7 nitrogen and oxygen atoms in total. The van der Waals surface area contributed by atoms with E-state index < -0.39 is 23.7 Å². The molecule has 0 saturated carbocycles. The number of hydrogen-bond donors (Lipinski definition) is 1. The molecule has 1 aromatic carbocycles. The Labute approximate surface area is 202 Å². The van der Waals surface area contributed by atoms with Gasteiger partial charge in [0.15, 0.2) is 0 Å². The van der Waals surface area contributed by atoms with Gasteiger partial charge in [0.25, 0.3) is 0 Å². The summed E-state index contributed by atoms with van der Waals surface area (Å²) >= 11 is 0. The maximum Gasteiger partial charge on any atom is 0.329 e. The van der Waals surface area contributed by atoms with E-state index in [1.54, 1.807) is 18.7 Å². The Morgan fingerprint density at radius 3 is 2.53 bits per heavy atom. The second-order valence-electron chi connectivity index (χ2n) is 10.2. The Morgan fingerprint density at radius 2 is 1.88 bits per heavy atom. The highest BCUT2D eigenvalue weighted by atomic mass is 16.6. The van der Waals surface area contributed by atoms with Crippen molar-refractivity contribution in [2.24, 2.45) is 5.92 Å². The number of carbonyl (C=O) groups is 3. The molecule has 5 atom stereocenters. The SMILES string of the molecule is CCOC(=O)[C@H](CCc1ccccc1)N[C@@H](C)C(=O)N1[C@H](C(=O)OC(C)(C)C)C[C@H]2CC=C[C@@H]21. The highest BCUT2D eigenvalue weighted by Crippen LogP contribution is 2.38. The van der Waals surface area contributed by atoms with Crippen molar-refractivity contribution in [1.82, 2.24) is 10.2 Å². The van der Waals surface area contributed by atoms with Crippen molar-refractivity contribution in [3.05, 3.63) is 48.0 Å². The number of nitrogens with one attached hydrogen (secondary N) is 1. The van der Waals surface area contributed by atoms with Gasteiger partial charge in [-0.25, -0.2) is 4.79 Å². The van der Waals surface area contributed by atoms with Crippen molar-refractivity contribution in [1.29, 1.82) is 0 Å².